The van der Waals surface area contributed by atoms with E-state index in [-0.39, 0.29) is 0 Å². The maximum Gasteiger partial charge on any atom is 0.522 e. The summed E-state index contributed by atoms with van der Waals surface area (Å²) >= 11 is 0. The van der Waals surface area contributed by atoms with E-state index < -0.39 is 21.6 Å². The molecule has 28 heavy (non-hydrogen) atoms. The number of aliphatic carboxylic acids is 1. The Hall–Kier alpha value is -0.830. The van der Waals surface area contributed by atoms with Crippen molar-refractivity contribution in [1.29, 1.82) is 0 Å². The Bertz CT molecular complexity index is 465. The first-order valence-electron chi connectivity index (χ1n) is 10.3. The standard InChI is InChI=1S/C18H36O2.CHF3O3S/c1-2-3-4-5-6-7-8-9-10-11-12-13-14-15-16-17-18(19)20;2-1(3,4)8(5,6)7/h2-17H2,1H3,(H,19,20);(H,5,6,7). The number of hydrogen-bond donors (Lipinski definition) is 2. The van der Waals surface area contributed by atoms with Crippen LogP contribution in [0.15, 0.2) is 0 Å². The number of halogens is 3. The third-order valence-corrected chi connectivity index (χ3v) is 4.87. The van der Waals surface area contributed by atoms with Crippen LogP contribution in [0.3, 0.4) is 0 Å². The summed E-state index contributed by atoms with van der Waals surface area (Å²) in [6, 6.07) is 0. The molecule has 0 bridgehead atoms. The molecule has 170 valence electrons. The van der Waals surface area contributed by atoms with Gasteiger partial charge in [-0.3, -0.25) is 9.35 Å². The molecule has 0 spiro atoms. The second kappa shape index (κ2) is 18.2. The lowest BCUT2D eigenvalue weighted by Crippen LogP contribution is -2.21. The molecular weight excluding hydrogens is 397 g/mol. The minimum Gasteiger partial charge on any atom is -0.481 e. The van der Waals surface area contributed by atoms with E-state index in [0.29, 0.717) is 6.42 Å². The van der Waals surface area contributed by atoms with Crippen LogP contribution in [0.5, 0.6) is 0 Å². The van der Waals surface area contributed by atoms with E-state index in [9.17, 15) is 18.0 Å². The van der Waals surface area contributed by atoms with E-state index in [1.165, 1.54) is 83.5 Å². The van der Waals surface area contributed by atoms with Crippen molar-refractivity contribution in [1.82, 2.24) is 0 Å². The molecule has 5 nitrogen and oxygen atoms in total. The lowest BCUT2D eigenvalue weighted by molar-refractivity contribution is -0.137. The molecule has 0 aliphatic heterocycles. The Morgan fingerprint density at radius 1 is 0.714 bits per heavy atom. The van der Waals surface area contributed by atoms with Gasteiger partial charge in [-0.1, -0.05) is 96.8 Å². The number of hydrogen-bond acceptors (Lipinski definition) is 3. The van der Waals surface area contributed by atoms with Gasteiger partial charge < -0.3 is 5.11 Å². The van der Waals surface area contributed by atoms with Crippen molar-refractivity contribution in [2.45, 2.75) is 115 Å². The largest absolute Gasteiger partial charge is 0.522 e. The molecule has 0 fully saturated rings. The lowest BCUT2D eigenvalue weighted by Gasteiger charge is -2.03. The number of carboxylic acids is 1. The number of unbranched alkanes of at least 4 members (excludes halogenated alkanes) is 14. The molecule has 0 aliphatic rings. The van der Waals surface area contributed by atoms with Gasteiger partial charge in [0, 0.05) is 6.42 Å². The zero-order chi connectivity index (χ0) is 21.9. The molecule has 2 N–H and O–H groups in total. The SMILES string of the molecule is CCCCCCCCCCCCCCCCCC(=O)O.O=S(=O)(O)C(F)(F)F. The van der Waals surface area contributed by atoms with Crippen LogP contribution in [0.2, 0.25) is 0 Å². The molecule has 0 saturated heterocycles. The van der Waals surface area contributed by atoms with Crippen LogP contribution in [0.4, 0.5) is 13.2 Å². The number of carbonyl (C=O) groups is 1. The van der Waals surface area contributed by atoms with E-state index in [2.05, 4.69) is 6.92 Å². The smallest absolute Gasteiger partial charge is 0.481 e. The van der Waals surface area contributed by atoms with Gasteiger partial charge in [0.25, 0.3) is 0 Å². The van der Waals surface area contributed by atoms with E-state index >= 15 is 0 Å². The van der Waals surface area contributed by atoms with Crippen LogP contribution in [-0.4, -0.2) is 29.6 Å². The summed E-state index contributed by atoms with van der Waals surface area (Å²) in [6.07, 6.45) is 20.2. The van der Waals surface area contributed by atoms with Crippen LogP contribution in [0.25, 0.3) is 0 Å². The summed E-state index contributed by atoms with van der Waals surface area (Å²) in [5.41, 5.74) is -5.53. The molecular formula is C19H37F3O5S. The summed E-state index contributed by atoms with van der Waals surface area (Å²) in [5.74, 6) is -0.653. The van der Waals surface area contributed by atoms with Crippen molar-refractivity contribution >= 4 is 16.1 Å². The minimum absolute atomic E-state index is 0.345. The Balaban J connectivity index is 0. The molecule has 0 aromatic heterocycles. The molecule has 9 heteroatoms. The summed E-state index contributed by atoms with van der Waals surface area (Å²) in [7, 11) is -5.84. The Morgan fingerprint density at radius 3 is 1.18 bits per heavy atom. The average molecular weight is 435 g/mol. The van der Waals surface area contributed by atoms with Crippen LogP contribution >= 0.6 is 0 Å². The monoisotopic (exact) mass is 434 g/mol. The van der Waals surface area contributed by atoms with Crippen molar-refractivity contribution < 1.29 is 36.0 Å². The van der Waals surface area contributed by atoms with Crippen molar-refractivity contribution in [3.63, 3.8) is 0 Å². The van der Waals surface area contributed by atoms with Crippen molar-refractivity contribution in [3.8, 4) is 0 Å². The summed E-state index contributed by atoms with van der Waals surface area (Å²) < 4.78 is 57.5. The van der Waals surface area contributed by atoms with Gasteiger partial charge in [-0.2, -0.15) is 21.6 Å². The Morgan fingerprint density at radius 2 is 0.964 bits per heavy atom. The highest BCUT2D eigenvalue weighted by molar-refractivity contribution is 7.86. The van der Waals surface area contributed by atoms with Crippen LogP contribution in [0, 0.1) is 0 Å². The topological polar surface area (TPSA) is 91.7 Å². The summed E-state index contributed by atoms with van der Waals surface area (Å²) in [4.78, 5) is 10.3. The maximum atomic E-state index is 10.7. The van der Waals surface area contributed by atoms with Gasteiger partial charge in [0.15, 0.2) is 0 Å². The van der Waals surface area contributed by atoms with Gasteiger partial charge in [-0.25, -0.2) is 0 Å². The lowest BCUT2D eigenvalue weighted by atomic mass is 10.0. The van der Waals surface area contributed by atoms with Gasteiger partial charge >= 0.3 is 21.6 Å². The van der Waals surface area contributed by atoms with E-state index in [1.54, 1.807) is 0 Å². The van der Waals surface area contributed by atoms with Crippen molar-refractivity contribution in [3.05, 3.63) is 0 Å². The molecule has 0 radical (unpaired) electrons. The van der Waals surface area contributed by atoms with Crippen LogP contribution in [-0.2, 0) is 14.9 Å². The molecule has 0 aromatic carbocycles. The molecule has 0 atom stereocenters. The molecule has 0 unspecified atom stereocenters. The summed E-state index contributed by atoms with van der Waals surface area (Å²) in [5, 5.41) is 8.52. The molecule has 0 heterocycles. The second-order valence-corrected chi connectivity index (χ2v) is 8.43. The highest BCUT2D eigenvalue weighted by Gasteiger charge is 2.44. The molecule has 0 rings (SSSR count). The highest BCUT2D eigenvalue weighted by atomic mass is 32.2. The fourth-order valence-electron chi connectivity index (χ4n) is 2.65. The maximum absolute atomic E-state index is 10.7. The van der Waals surface area contributed by atoms with Gasteiger partial charge in [-0.15, -0.1) is 0 Å². The van der Waals surface area contributed by atoms with E-state index in [0.717, 1.165) is 12.8 Å². The van der Waals surface area contributed by atoms with Crippen LogP contribution < -0.4 is 0 Å². The average Bonchev–Trinajstić information content (AvgIpc) is 2.57. The first-order chi connectivity index (χ1) is 13.0. The van der Waals surface area contributed by atoms with Crippen LogP contribution in [0.1, 0.15) is 110 Å². The van der Waals surface area contributed by atoms with Gasteiger partial charge in [0.05, 0.1) is 0 Å². The fourth-order valence-corrected chi connectivity index (χ4v) is 2.65. The second-order valence-electron chi connectivity index (χ2n) is 7.01. The van der Waals surface area contributed by atoms with Gasteiger partial charge in [-0.05, 0) is 6.42 Å². The quantitative estimate of drug-likeness (QED) is 0.160. The minimum atomic E-state index is -5.84. The van der Waals surface area contributed by atoms with E-state index in [4.69, 9.17) is 18.1 Å². The summed E-state index contributed by atoms with van der Waals surface area (Å²) in [6.45, 7) is 2.27. The van der Waals surface area contributed by atoms with Gasteiger partial charge in [0.2, 0.25) is 0 Å². The highest BCUT2D eigenvalue weighted by Crippen LogP contribution is 2.20. The molecule has 0 aliphatic carbocycles. The van der Waals surface area contributed by atoms with Crippen molar-refractivity contribution in [2.24, 2.45) is 0 Å². The third kappa shape index (κ3) is 23.2. The Labute approximate surface area is 167 Å². The number of rotatable bonds is 16. The van der Waals surface area contributed by atoms with Gasteiger partial charge in [0.1, 0.15) is 0 Å². The third-order valence-electron chi connectivity index (χ3n) is 4.29. The predicted octanol–water partition coefficient (Wildman–Crippen LogP) is 6.73. The first kappa shape index (κ1) is 29.4. The molecule has 0 amide bonds. The normalized spacial score (nSPS) is 11.8. The Kier molecular flexibility index (Phi) is 19.1. The molecule has 0 saturated carbocycles. The van der Waals surface area contributed by atoms with Crippen molar-refractivity contribution in [2.75, 3.05) is 0 Å². The van der Waals surface area contributed by atoms with E-state index in [1.807, 2.05) is 0 Å². The fraction of sp³-hybridized carbons (Fsp3) is 0.947. The zero-order valence-corrected chi connectivity index (χ0v) is 17.8. The number of alkyl halides is 3. The first-order valence-corrected chi connectivity index (χ1v) is 11.7. The zero-order valence-electron chi connectivity index (χ0n) is 17.0. The number of carboxylic acid groups (broad SMARTS) is 1. The predicted molar refractivity (Wildman–Crippen MR) is 105 cm³/mol. The molecule has 0 aromatic rings.